The second-order valence-electron chi connectivity index (χ2n) is 5.85. The summed E-state index contributed by atoms with van der Waals surface area (Å²) in [6, 6.07) is 8.10. The summed E-state index contributed by atoms with van der Waals surface area (Å²) in [7, 11) is 0. The first-order valence-electron chi connectivity index (χ1n) is 7.61. The molecule has 0 heterocycles. The molecule has 0 fully saturated rings. The molecule has 4 heteroatoms. The fourth-order valence-corrected chi connectivity index (χ4v) is 2.42. The molecule has 0 aliphatic heterocycles. The lowest BCUT2D eigenvalue weighted by Gasteiger charge is -2.28. The van der Waals surface area contributed by atoms with Crippen molar-refractivity contribution >= 4 is 5.97 Å². The quantitative estimate of drug-likeness (QED) is 0.686. The summed E-state index contributed by atoms with van der Waals surface area (Å²) in [5.41, 5.74) is 0.278. The van der Waals surface area contributed by atoms with E-state index in [9.17, 15) is 9.90 Å². The molecule has 1 aromatic rings. The van der Waals surface area contributed by atoms with Gasteiger partial charge in [-0.15, -0.1) is 0 Å². The highest BCUT2D eigenvalue weighted by atomic mass is 16.5. The van der Waals surface area contributed by atoms with Crippen molar-refractivity contribution in [1.82, 2.24) is 5.32 Å². The van der Waals surface area contributed by atoms with Gasteiger partial charge in [0.05, 0.1) is 6.61 Å². The number of aliphatic carboxylic acids is 1. The van der Waals surface area contributed by atoms with E-state index in [-0.39, 0.29) is 6.04 Å². The molecule has 21 heavy (non-hydrogen) atoms. The number of rotatable bonds is 9. The highest BCUT2D eigenvalue weighted by molar-refractivity contribution is 5.78. The molecular formula is C17H27NO3. The van der Waals surface area contributed by atoms with Gasteiger partial charge in [-0.1, -0.05) is 25.1 Å². The Hall–Kier alpha value is -1.55. The molecule has 0 aliphatic rings. The van der Waals surface area contributed by atoms with Gasteiger partial charge in [-0.25, -0.2) is 0 Å². The van der Waals surface area contributed by atoms with Gasteiger partial charge >= 0.3 is 5.97 Å². The predicted octanol–water partition coefficient (Wildman–Crippen LogP) is 3.25. The first kappa shape index (κ1) is 17.5. The number of carboxylic acids is 1. The van der Waals surface area contributed by atoms with Crippen LogP contribution in [0.25, 0.3) is 0 Å². The average Bonchev–Trinajstić information content (AvgIpc) is 2.43. The lowest BCUT2D eigenvalue weighted by Crippen LogP contribution is -2.52. The van der Waals surface area contributed by atoms with Crippen molar-refractivity contribution in [3.05, 3.63) is 29.8 Å². The summed E-state index contributed by atoms with van der Waals surface area (Å²) < 4.78 is 5.79. The average molecular weight is 293 g/mol. The molecule has 0 aliphatic carbocycles. The van der Waals surface area contributed by atoms with Gasteiger partial charge in [0.2, 0.25) is 0 Å². The summed E-state index contributed by atoms with van der Waals surface area (Å²) in [5.74, 6) is 0.0824. The summed E-state index contributed by atoms with van der Waals surface area (Å²) in [6.07, 6.45) is 2.16. The summed E-state index contributed by atoms with van der Waals surface area (Å²) in [4.78, 5) is 11.4. The van der Waals surface area contributed by atoms with E-state index in [1.807, 2.05) is 32.0 Å². The summed E-state index contributed by atoms with van der Waals surface area (Å²) >= 11 is 0. The number of aryl methyl sites for hydroxylation is 1. The molecule has 1 unspecified atom stereocenters. The van der Waals surface area contributed by atoms with Crippen molar-refractivity contribution in [2.24, 2.45) is 0 Å². The molecule has 2 N–H and O–H groups in total. The van der Waals surface area contributed by atoms with Crippen LogP contribution in [0.5, 0.6) is 5.75 Å². The zero-order chi connectivity index (χ0) is 15.9. The van der Waals surface area contributed by atoms with Crippen LogP contribution in [0.1, 0.15) is 46.1 Å². The standard InChI is InChI=1S/C17H27NO3/c1-5-14-9-6-7-10-15(14)21-12-8-11-17(4,16(19)20)18-13(2)3/h6-7,9-10,13,18H,5,8,11-12H2,1-4H3,(H,19,20). The number of para-hydroxylation sites is 1. The van der Waals surface area contributed by atoms with Gasteiger partial charge in [0.15, 0.2) is 0 Å². The Morgan fingerprint density at radius 3 is 2.62 bits per heavy atom. The largest absolute Gasteiger partial charge is 0.493 e. The monoisotopic (exact) mass is 293 g/mol. The molecule has 0 aromatic heterocycles. The number of hydrogen-bond acceptors (Lipinski definition) is 3. The van der Waals surface area contributed by atoms with Gasteiger partial charge in [0.25, 0.3) is 0 Å². The molecular weight excluding hydrogens is 266 g/mol. The zero-order valence-electron chi connectivity index (χ0n) is 13.5. The normalized spacial score (nSPS) is 14.0. The Bertz CT molecular complexity index is 459. The summed E-state index contributed by atoms with van der Waals surface area (Å²) in [5, 5.41) is 12.5. The minimum absolute atomic E-state index is 0.132. The van der Waals surface area contributed by atoms with Crippen LogP contribution in [0.3, 0.4) is 0 Å². The van der Waals surface area contributed by atoms with Gasteiger partial charge in [-0.3, -0.25) is 10.1 Å². The van der Waals surface area contributed by atoms with Crippen LogP contribution in [0.4, 0.5) is 0 Å². The number of benzene rings is 1. The van der Waals surface area contributed by atoms with E-state index in [1.54, 1.807) is 6.92 Å². The molecule has 0 radical (unpaired) electrons. The lowest BCUT2D eigenvalue weighted by molar-refractivity contribution is -0.144. The van der Waals surface area contributed by atoms with Crippen molar-refractivity contribution in [1.29, 1.82) is 0 Å². The predicted molar refractivity (Wildman–Crippen MR) is 84.9 cm³/mol. The number of carbonyl (C=O) groups is 1. The van der Waals surface area contributed by atoms with E-state index in [1.165, 1.54) is 5.56 Å². The van der Waals surface area contributed by atoms with E-state index in [0.29, 0.717) is 19.4 Å². The number of nitrogens with one attached hydrogen (secondary N) is 1. The highest BCUT2D eigenvalue weighted by Crippen LogP contribution is 2.20. The van der Waals surface area contributed by atoms with Crippen LogP contribution >= 0.6 is 0 Å². The van der Waals surface area contributed by atoms with Crippen molar-refractivity contribution in [3.63, 3.8) is 0 Å². The van der Waals surface area contributed by atoms with Crippen LogP contribution < -0.4 is 10.1 Å². The van der Waals surface area contributed by atoms with Crippen molar-refractivity contribution in [3.8, 4) is 5.75 Å². The molecule has 1 aromatic carbocycles. The minimum Gasteiger partial charge on any atom is -0.493 e. The van der Waals surface area contributed by atoms with E-state index in [4.69, 9.17) is 4.74 Å². The lowest BCUT2D eigenvalue weighted by atomic mass is 9.95. The molecule has 0 saturated carbocycles. The second kappa shape index (κ2) is 8.03. The Kier molecular flexibility index (Phi) is 6.69. The first-order valence-corrected chi connectivity index (χ1v) is 7.61. The minimum atomic E-state index is -0.901. The highest BCUT2D eigenvalue weighted by Gasteiger charge is 2.32. The molecule has 0 spiro atoms. The third kappa shape index (κ3) is 5.38. The van der Waals surface area contributed by atoms with Gasteiger partial charge in [0, 0.05) is 6.04 Å². The number of hydrogen-bond donors (Lipinski definition) is 2. The molecule has 0 amide bonds. The van der Waals surface area contributed by atoms with Gasteiger partial charge in [-0.2, -0.15) is 0 Å². The zero-order valence-corrected chi connectivity index (χ0v) is 13.5. The van der Waals surface area contributed by atoms with Crippen molar-refractivity contribution in [2.75, 3.05) is 6.61 Å². The van der Waals surface area contributed by atoms with Gasteiger partial charge in [0.1, 0.15) is 11.3 Å². The molecule has 0 saturated heterocycles. The molecule has 0 bridgehead atoms. The Labute approximate surface area is 127 Å². The SMILES string of the molecule is CCc1ccccc1OCCCC(C)(NC(C)C)C(=O)O. The maximum atomic E-state index is 11.4. The van der Waals surface area contributed by atoms with Crippen LogP contribution in [-0.4, -0.2) is 29.3 Å². The van der Waals surface area contributed by atoms with Crippen LogP contribution in [-0.2, 0) is 11.2 Å². The van der Waals surface area contributed by atoms with Gasteiger partial charge in [-0.05, 0) is 51.7 Å². The molecule has 1 atom stereocenters. The topological polar surface area (TPSA) is 58.6 Å². The first-order chi connectivity index (χ1) is 9.89. The molecule has 118 valence electrons. The van der Waals surface area contributed by atoms with Crippen molar-refractivity contribution in [2.45, 2.75) is 58.5 Å². The van der Waals surface area contributed by atoms with E-state index < -0.39 is 11.5 Å². The third-order valence-corrected chi connectivity index (χ3v) is 3.51. The Morgan fingerprint density at radius 1 is 1.38 bits per heavy atom. The van der Waals surface area contributed by atoms with E-state index >= 15 is 0 Å². The van der Waals surface area contributed by atoms with E-state index in [2.05, 4.69) is 18.3 Å². The van der Waals surface area contributed by atoms with Gasteiger partial charge < -0.3 is 9.84 Å². The van der Waals surface area contributed by atoms with E-state index in [0.717, 1.165) is 12.2 Å². The fourth-order valence-electron chi connectivity index (χ4n) is 2.42. The Morgan fingerprint density at radius 2 is 2.05 bits per heavy atom. The van der Waals surface area contributed by atoms with Crippen LogP contribution in [0, 0.1) is 0 Å². The number of ether oxygens (including phenoxy) is 1. The second-order valence-corrected chi connectivity index (χ2v) is 5.85. The smallest absolute Gasteiger partial charge is 0.323 e. The van der Waals surface area contributed by atoms with Crippen LogP contribution in [0.15, 0.2) is 24.3 Å². The maximum Gasteiger partial charge on any atom is 0.323 e. The van der Waals surface area contributed by atoms with Crippen LogP contribution in [0.2, 0.25) is 0 Å². The third-order valence-electron chi connectivity index (χ3n) is 3.51. The summed E-state index contributed by atoms with van der Waals surface area (Å²) in [6.45, 7) is 8.26. The fraction of sp³-hybridized carbons (Fsp3) is 0.588. The maximum absolute atomic E-state index is 11.4. The molecule has 1 rings (SSSR count). The Balaban J connectivity index is 2.50. The van der Waals surface area contributed by atoms with Crippen molar-refractivity contribution < 1.29 is 14.6 Å². The number of carboxylic acid groups (broad SMARTS) is 1. The molecule has 4 nitrogen and oxygen atoms in total.